The summed E-state index contributed by atoms with van der Waals surface area (Å²) in [5.41, 5.74) is 7.30. The van der Waals surface area contributed by atoms with Gasteiger partial charge in [0.25, 0.3) is 0 Å². The number of hydrogen-bond acceptors (Lipinski definition) is 5. The van der Waals surface area contributed by atoms with Crippen molar-refractivity contribution in [1.29, 1.82) is 0 Å². The third-order valence-corrected chi connectivity index (χ3v) is 3.30. The Morgan fingerprint density at radius 3 is 2.83 bits per heavy atom. The van der Waals surface area contributed by atoms with Crippen LogP contribution in [0.4, 0.5) is 11.4 Å². The molecule has 1 unspecified atom stereocenters. The molecule has 18 heavy (non-hydrogen) atoms. The summed E-state index contributed by atoms with van der Waals surface area (Å²) in [7, 11) is 0.531. The van der Waals surface area contributed by atoms with E-state index in [1.54, 1.807) is 24.5 Å². The second-order valence-corrected chi connectivity index (χ2v) is 5.37. The fourth-order valence-corrected chi connectivity index (χ4v) is 2.06. The van der Waals surface area contributed by atoms with Gasteiger partial charge in [-0.15, -0.1) is 0 Å². The van der Waals surface area contributed by atoms with E-state index in [1.165, 1.54) is 7.11 Å². The van der Waals surface area contributed by atoms with Crippen molar-refractivity contribution in [3.8, 4) is 0 Å². The van der Waals surface area contributed by atoms with Crippen molar-refractivity contribution < 1.29 is 13.7 Å². The minimum atomic E-state index is -0.787. The van der Waals surface area contributed by atoms with Crippen LogP contribution >= 0.6 is 0 Å². The Kier molecular flexibility index (Phi) is 5.64. The van der Waals surface area contributed by atoms with Gasteiger partial charge in [-0.05, 0) is 18.6 Å². The molecular weight excluding hydrogens is 252 g/mol. The highest BCUT2D eigenvalue weighted by atomic mass is 32.2. The summed E-state index contributed by atoms with van der Waals surface area (Å²) >= 11 is 0. The fourth-order valence-electron chi connectivity index (χ4n) is 1.51. The van der Waals surface area contributed by atoms with Crippen molar-refractivity contribution in [2.75, 3.05) is 36.7 Å². The molecule has 1 aromatic rings. The van der Waals surface area contributed by atoms with Gasteiger partial charge in [0.1, 0.15) is 0 Å². The molecule has 1 aromatic carbocycles. The highest BCUT2D eigenvalue weighted by Crippen LogP contribution is 2.23. The van der Waals surface area contributed by atoms with E-state index >= 15 is 0 Å². The molecule has 100 valence electrons. The Labute approximate surface area is 109 Å². The SMILES string of the molecule is COC(=O)c1cccc(NCCCS(C)=O)c1N. The van der Waals surface area contributed by atoms with Gasteiger partial charge in [0, 0.05) is 29.4 Å². The number of nitrogens with one attached hydrogen (secondary N) is 1. The van der Waals surface area contributed by atoms with Crippen LogP contribution in [0.3, 0.4) is 0 Å². The van der Waals surface area contributed by atoms with Crippen LogP contribution < -0.4 is 11.1 Å². The number of carbonyl (C=O) groups excluding carboxylic acids is 1. The Morgan fingerprint density at radius 1 is 1.50 bits per heavy atom. The molecule has 3 N–H and O–H groups in total. The smallest absolute Gasteiger partial charge is 0.340 e. The van der Waals surface area contributed by atoms with Gasteiger partial charge in [-0.2, -0.15) is 0 Å². The van der Waals surface area contributed by atoms with E-state index in [0.717, 1.165) is 6.42 Å². The number of nitrogens with two attached hydrogens (primary N) is 1. The molecule has 0 bridgehead atoms. The second-order valence-electron chi connectivity index (χ2n) is 3.82. The maximum Gasteiger partial charge on any atom is 0.340 e. The van der Waals surface area contributed by atoms with Crippen LogP contribution in [0.5, 0.6) is 0 Å². The molecule has 0 aliphatic rings. The minimum Gasteiger partial charge on any atom is -0.465 e. The lowest BCUT2D eigenvalue weighted by Gasteiger charge is -2.11. The molecule has 1 rings (SSSR count). The summed E-state index contributed by atoms with van der Waals surface area (Å²) in [5, 5.41) is 3.12. The summed E-state index contributed by atoms with van der Waals surface area (Å²) in [4.78, 5) is 11.4. The van der Waals surface area contributed by atoms with Crippen molar-refractivity contribution in [3.05, 3.63) is 23.8 Å². The van der Waals surface area contributed by atoms with Crippen LogP contribution in [-0.4, -0.2) is 35.8 Å². The van der Waals surface area contributed by atoms with E-state index in [9.17, 15) is 9.00 Å². The maximum absolute atomic E-state index is 11.4. The first kappa shape index (κ1) is 14.5. The molecule has 0 aliphatic heterocycles. The van der Waals surface area contributed by atoms with E-state index in [0.29, 0.717) is 29.2 Å². The molecule has 0 heterocycles. The fraction of sp³-hybridized carbons (Fsp3) is 0.417. The number of nitrogen functional groups attached to an aromatic ring is 1. The monoisotopic (exact) mass is 270 g/mol. The molecule has 5 nitrogen and oxygen atoms in total. The van der Waals surface area contributed by atoms with Crippen LogP contribution in [0.25, 0.3) is 0 Å². The Balaban J connectivity index is 2.66. The first-order chi connectivity index (χ1) is 8.56. The number of carbonyl (C=O) groups is 1. The van der Waals surface area contributed by atoms with E-state index < -0.39 is 16.8 Å². The Hall–Kier alpha value is -1.56. The van der Waals surface area contributed by atoms with Crippen LogP contribution in [0.15, 0.2) is 18.2 Å². The predicted octanol–water partition coefficient (Wildman–Crippen LogP) is 1.24. The first-order valence-corrected chi connectivity index (χ1v) is 7.29. The molecule has 6 heteroatoms. The molecule has 0 aliphatic carbocycles. The maximum atomic E-state index is 11.4. The van der Waals surface area contributed by atoms with E-state index in [-0.39, 0.29) is 0 Å². The summed E-state index contributed by atoms with van der Waals surface area (Å²) in [5.74, 6) is 0.190. The van der Waals surface area contributed by atoms with Crippen LogP contribution in [-0.2, 0) is 15.5 Å². The summed E-state index contributed by atoms with van der Waals surface area (Å²) < 4.78 is 15.5. The molecule has 0 aromatic heterocycles. The molecular formula is C12H18N2O3S. The molecule has 0 saturated carbocycles. The number of para-hydroxylation sites is 1. The lowest BCUT2D eigenvalue weighted by atomic mass is 10.1. The van der Waals surface area contributed by atoms with Gasteiger partial charge in [-0.1, -0.05) is 6.07 Å². The largest absolute Gasteiger partial charge is 0.465 e. The number of hydrogen-bond donors (Lipinski definition) is 2. The number of benzene rings is 1. The first-order valence-electron chi connectivity index (χ1n) is 5.57. The number of rotatable bonds is 6. The van der Waals surface area contributed by atoms with Gasteiger partial charge >= 0.3 is 5.97 Å². The Bertz CT molecular complexity index is 449. The average molecular weight is 270 g/mol. The Morgan fingerprint density at radius 2 is 2.22 bits per heavy atom. The molecule has 0 saturated heterocycles. The van der Waals surface area contributed by atoms with Gasteiger partial charge in [-0.3, -0.25) is 4.21 Å². The summed E-state index contributed by atoms with van der Waals surface area (Å²) in [6.07, 6.45) is 2.46. The molecule has 0 amide bonds. The van der Waals surface area contributed by atoms with E-state index in [2.05, 4.69) is 10.1 Å². The lowest BCUT2D eigenvalue weighted by molar-refractivity contribution is 0.0602. The lowest BCUT2D eigenvalue weighted by Crippen LogP contribution is -2.11. The van der Waals surface area contributed by atoms with E-state index in [1.807, 2.05) is 0 Å². The topological polar surface area (TPSA) is 81.4 Å². The summed E-state index contributed by atoms with van der Waals surface area (Å²) in [6, 6.07) is 5.15. The second kappa shape index (κ2) is 7.00. The predicted molar refractivity (Wildman–Crippen MR) is 74.2 cm³/mol. The number of methoxy groups -OCH3 is 1. The normalized spacial score (nSPS) is 11.9. The zero-order valence-corrected chi connectivity index (χ0v) is 11.4. The average Bonchev–Trinajstić information content (AvgIpc) is 2.35. The quantitative estimate of drug-likeness (QED) is 0.462. The van der Waals surface area contributed by atoms with Crippen molar-refractivity contribution >= 4 is 28.1 Å². The zero-order valence-electron chi connectivity index (χ0n) is 10.6. The van der Waals surface area contributed by atoms with Crippen LogP contribution in [0, 0.1) is 0 Å². The van der Waals surface area contributed by atoms with Gasteiger partial charge in [0.05, 0.1) is 24.0 Å². The highest BCUT2D eigenvalue weighted by molar-refractivity contribution is 7.84. The van der Waals surface area contributed by atoms with Crippen molar-refractivity contribution in [2.24, 2.45) is 0 Å². The molecule has 0 radical (unpaired) electrons. The van der Waals surface area contributed by atoms with E-state index in [4.69, 9.17) is 5.73 Å². The van der Waals surface area contributed by atoms with Crippen molar-refractivity contribution in [3.63, 3.8) is 0 Å². The number of ether oxygens (including phenoxy) is 1. The molecule has 0 fully saturated rings. The van der Waals surface area contributed by atoms with Gasteiger partial charge in [0.15, 0.2) is 0 Å². The zero-order chi connectivity index (χ0) is 13.5. The van der Waals surface area contributed by atoms with Gasteiger partial charge in [-0.25, -0.2) is 4.79 Å². The third-order valence-electron chi connectivity index (χ3n) is 2.44. The molecule has 0 spiro atoms. The minimum absolute atomic E-state index is 0.349. The highest BCUT2D eigenvalue weighted by Gasteiger charge is 2.12. The number of esters is 1. The summed E-state index contributed by atoms with van der Waals surface area (Å²) in [6.45, 7) is 0.661. The van der Waals surface area contributed by atoms with Gasteiger partial charge in [0.2, 0.25) is 0 Å². The van der Waals surface area contributed by atoms with Gasteiger partial charge < -0.3 is 15.8 Å². The van der Waals surface area contributed by atoms with Crippen LogP contribution in [0.2, 0.25) is 0 Å². The third kappa shape index (κ3) is 4.03. The van der Waals surface area contributed by atoms with Crippen molar-refractivity contribution in [1.82, 2.24) is 0 Å². The molecule has 1 atom stereocenters. The standard InChI is InChI=1S/C12H18N2O3S/c1-17-12(15)9-5-3-6-10(11(9)13)14-7-4-8-18(2)16/h3,5-6,14H,4,7-8,13H2,1-2H3. The number of anilines is 2. The van der Waals surface area contributed by atoms with Crippen molar-refractivity contribution in [2.45, 2.75) is 6.42 Å². The van der Waals surface area contributed by atoms with Crippen LogP contribution in [0.1, 0.15) is 16.8 Å².